The number of aliphatic hydroxyl groups is 2. The molecule has 458 valence electrons. The van der Waals surface area contributed by atoms with Crippen molar-refractivity contribution in [1.29, 1.82) is 0 Å². The number of aliphatic carboxylic acids is 3. The van der Waals surface area contributed by atoms with Gasteiger partial charge >= 0.3 is 17.9 Å². The molecule has 0 radical (unpaired) electrons. The fourth-order valence-electron chi connectivity index (χ4n) is 7.12. The Balaban J connectivity index is -0.0000000878. The minimum Gasteiger partial charge on any atom is -0.481 e. The number of aliphatic hydroxyl groups excluding tert-OH is 2. The van der Waals surface area contributed by atoms with Gasteiger partial charge in [0.1, 0.15) is 0 Å². The second-order valence-corrected chi connectivity index (χ2v) is 18.8. The largest absolute Gasteiger partial charge is 0.481 e. The van der Waals surface area contributed by atoms with E-state index in [0.29, 0.717) is 32.5 Å². The number of terminal acetylenes is 2. The van der Waals surface area contributed by atoms with Gasteiger partial charge < -0.3 is 25.5 Å². The van der Waals surface area contributed by atoms with Crippen LogP contribution in [0.5, 0.6) is 0 Å². The van der Waals surface area contributed by atoms with E-state index >= 15 is 0 Å². The number of unbranched alkanes of at least 4 members (excludes halogenated alkanes) is 33. The van der Waals surface area contributed by atoms with Crippen LogP contribution in [0.3, 0.4) is 0 Å². The van der Waals surface area contributed by atoms with Crippen LogP contribution in [-0.2, 0) is 14.4 Å². The Labute approximate surface area is 482 Å². The quantitative estimate of drug-likeness (QED) is 0.0230. The number of allylic oxidation sites excluding steroid dienone is 9. The third-order valence-electron chi connectivity index (χ3n) is 11.3. The summed E-state index contributed by atoms with van der Waals surface area (Å²) in [4.78, 5) is 30.6. The second kappa shape index (κ2) is 108. The number of carboxylic acid groups (broad SMARTS) is 3. The van der Waals surface area contributed by atoms with Crippen molar-refractivity contribution in [1.82, 2.24) is 0 Å². The lowest BCUT2D eigenvalue weighted by Gasteiger charge is -1.99. The molecule has 0 heterocycles. The lowest BCUT2D eigenvalue weighted by molar-refractivity contribution is -0.138. The Bertz CT molecular complexity index is 1150. The van der Waals surface area contributed by atoms with Crippen molar-refractivity contribution in [2.24, 2.45) is 0 Å². The van der Waals surface area contributed by atoms with Crippen molar-refractivity contribution in [3.63, 3.8) is 0 Å². The van der Waals surface area contributed by atoms with Crippen LogP contribution < -0.4 is 0 Å². The van der Waals surface area contributed by atoms with Gasteiger partial charge in [0, 0.05) is 32.5 Å². The molecule has 0 aromatic heterocycles. The summed E-state index contributed by atoms with van der Waals surface area (Å²) in [7, 11) is 0. The number of hydrogen-bond acceptors (Lipinski definition) is 5. The molecular formula is C69H134O8. The minimum absolute atomic E-state index is 0. The first-order valence-corrected chi connectivity index (χ1v) is 30.1. The summed E-state index contributed by atoms with van der Waals surface area (Å²) >= 11 is 0. The molecule has 0 fully saturated rings. The first-order chi connectivity index (χ1) is 36.6. The summed E-state index contributed by atoms with van der Waals surface area (Å²) in [6.45, 7) is 16.9. The zero-order valence-corrected chi connectivity index (χ0v) is 50.3. The molecule has 0 aromatic rings. The van der Waals surface area contributed by atoms with Gasteiger partial charge in [0.2, 0.25) is 0 Å². The van der Waals surface area contributed by atoms with Gasteiger partial charge in [-0.2, -0.15) is 0 Å². The Morgan fingerprint density at radius 1 is 0.325 bits per heavy atom. The molecule has 8 heteroatoms. The zero-order chi connectivity index (χ0) is 58.2. The predicted molar refractivity (Wildman–Crippen MR) is 345 cm³/mol. The highest BCUT2D eigenvalue weighted by molar-refractivity contribution is 5.67. The average molecular weight is 1090 g/mol. The van der Waals surface area contributed by atoms with Gasteiger partial charge in [0.15, 0.2) is 0 Å². The molecule has 5 N–H and O–H groups in total. The SMILES string of the molecule is C.C.C#C.C#C.C/C=C\CCCCCCCCC(=O)O.C/C=C\CCCCCCCCCC(=O)O.C/C=C\CCCCCCCCCO.C/C=C\CCCCCCCCCO.C=CCCCCCCCCC(=O)O.CCC. The summed E-state index contributed by atoms with van der Waals surface area (Å²) < 4.78 is 0. The van der Waals surface area contributed by atoms with E-state index in [1.165, 1.54) is 193 Å². The topological polar surface area (TPSA) is 152 Å². The van der Waals surface area contributed by atoms with Gasteiger partial charge in [-0.15, -0.1) is 32.3 Å². The molecule has 0 amide bonds. The fourth-order valence-corrected chi connectivity index (χ4v) is 7.12. The van der Waals surface area contributed by atoms with Crippen molar-refractivity contribution in [3.05, 3.63) is 61.3 Å². The molecule has 0 saturated heterocycles. The van der Waals surface area contributed by atoms with E-state index in [-0.39, 0.29) is 14.9 Å². The summed E-state index contributed by atoms with van der Waals surface area (Å²) in [5.41, 5.74) is 0. The maximum absolute atomic E-state index is 10.2. The van der Waals surface area contributed by atoms with Gasteiger partial charge in [0.25, 0.3) is 0 Å². The highest BCUT2D eigenvalue weighted by atomic mass is 16.4. The monoisotopic (exact) mass is 1090 g/mol. The van der Waals surface area contributed by atoms with Crippen molar-refractivity contribution in [2.45, 2.75) is 326 Å². The van der Waals surface area contributed by atoms with Crippen LogP contribution >= 0.6 is 0 Å². The van der Waals surface area contributed by atoms with Crippen LogP contribution in [0.15, 0.2) is 61.3 Å². The van der Waals surface area contributed by atoms with Gasteiger partial charge in [0.05, 0.1) is 0 Å². The molecule has 0 aliphatic heterocycles. The van der Waals surface area contributed by atoms with Gasteiger partial charge in [-0.1, -0.05) is 237 Å². The number of carbonyl (C=O) groups is 3. The molecule has 0 aliphatic rings. The zero-order valence-electron chi connectivity index (χ0n) is 50.3. The van der Waals surface area contributed by atoms with Gasteiger partial charge in [-0.25, -0.2) is 0 Å². The second-order valence-electron chi connectivity index (χ2n) is 18.8. The summed E-state index contributed by atoms with van der Waals surface area (Å²) in [5, 5.41) is 42.3. The summed E-state index contributed by atoms with van der Waals surface area (Å²) in [6, 6.07) is 0. The molecule has 0 unspecified atom stereocenters. The van der Waals surface area contributed by atoms with Crippen molar-refractivity contribution in [2.75, 3.05) is 13.2 Å². The molecule has 0 saturated carbocycles. The third-order valence-corrected chi connectivity index (χ3v) is 11.3. The van der Waals surface area contributed by atoms with E-state index in [0.717, 1.165) is 57.8 Å². The maximum atomic E-state index is 10.2. The van der Waals surface area contributed by atoms with E-state index < -0.39 is 17.9 Å². The number of hydrogen-bond donors (Lipinski definition) is 5. The Hall–Kier alpha value is -3.85. The molecule has 0 aromatic carbocycles. The Kier molecular flexibility index (Phi) is 134. The first-order valence-electron chi connectivity index (χ1n) is 30.1. The standard InChI is InChI=1S/C13H24O2.C12H22O2.2C12H24O.C11H20O2.C3H8.2C2H2.2CH4/c1-2-3-4-5-6-7-8-9-10-11-12-13(14)15;1-2-3-4-5-6-7-8-9-10-11-12(13)14;2*1-2-3-4-5-6-7-8-9-10-11-12-13;1-2-3-4-5-6-7-8-9-10-11(12)13;1-3-2;2*1-2;;/h2-3H,4-12H2,1H3,(H,14,15);2-3H,4-11H2,1H3,(H,13,14);2*2-3,13H,4-12H2,1H3;2H,1,3-10H2,(H,12,13);3H2,1-2H3;2*1-2H;2*1H4/b4*3-2-;;;;;;. The molecule has 0 atom stereocenters. The Morgan fingerprint density at radius 2 is 0.481 bits per heavy atom. The molecule has 0 rings (SSSR count). The van der Waals surface area contributed by atoms with Gasteiger partial charge in [-0.3, -0.25) is 14.4 Å². The van der Waals surface area contributed by atoms with Gasteiger partial charge in [-0.05, 0) is 124 Å². The predicted octanol–water partition coefficient (Wildman–Crippen LogP) is 21.8. The number of carboxylic acids is 3. The minimum atomic E-state index is -0.674. The highest BCUT2D eigenvalue weighted by Crippen LogP contribution is 2.13. The van der Waals surface area contributed by atoms with Crippen LogP contribution in [0, 0.1) is 25.7 Å². The van der Waals surface area contributed by atoms with Crippen molar-refractivity contribution in [3.8, 4) is 25.7 Å². The van der Waals surface area contributed by atoms with E-state index in [2.05, 4.69) is 115 Å². The van der Waals surface area contributed by atoms with Crippen molar-refractivity contribution < 1.29 is 39.9 Å². The van der Waals surface area contributed by atoms with Crippen LogP contribution in [0.2, 0.25) is 0 Å². The van der Waals surface area contributed by atoms with E-state index in [1.54, 1.807) is 0 Å². The lowest BCUT2D eigenvalue weighted by atomic mass is 10.1. The van der Waals surface area contributed by atoms with E-state index in [1.807, 2.05) is 13.0 Å². The van der Waals surface area contributed by atoms with Crippen LogP contribution in [-0.4, -0.2) is 56.7 Å². The molecular weight excluding hydrogens is 957 g/mol. The molecule has 0 bridgehead atoms. The smallest absolute Gasteiger partial charge is 0.303 e. The molecule has 77 heavy (non-hydrogen) atoms. The highest BCUT2D eigenvalue weighted by Gasteiger charge is 1.98. The fraction of sp³-hybridized carbons (Fsp3) is 0.754. The van der Waals surface area contributed by atoms with Crippen LogP contribution in [0.1, 0.15) is 326 Å². The Morgan fingerprint density at radius 3 is 0.636 bits per heavy atom. The third kappa shape index (κ3) is 147. The maximum Gasteiger partial charge on any atom is 0.303 e. The molecule has 8 nitrogen and oxygen atoms in total. The first kappa shape index (κ1) is 95.5. The summed E-state index contributed by atoms with van der Waals surface area (Å²) in [6.07, 6.45) is 83.2. The number of rotatable bonds is 46. The van der Waals surface area contributed by atoms with Crippen LogP contribution in [0.25, 0.3) is 0 Å². The van der Waals surface area contributed by atoms with E-state index in [4.69, 9.17) is 25.5 Å². The average Bonchev–Trinajstić information content (AvgIpc) is 3.40. The van der Waals surface area contributed by atoms with Crippen molar-refractivity contribution >= 4 is 17.9 Å². The van der Waals surface area contributed by atoms with Crippen LogP contribution in [0.4, 0.5) is 0 Å². The molecule has 0 aliphatic carbocycles. The summed E-state index contributed by atoms with van der Waals surface area (Å²) in [5.74, 6) is -2.01. The normalized spacial score (nSPS) is 9.87. The molecule has 0 spiro atoms. The van der Waals surface area contributed by atoms with E-state index in [9.17, 15) is 14.4 Å². The lowest BCUT2D eigenvalue weighted by Crippen LogP contribution is -1.93.